The standard InChI is InChI=1S/C22H25N3O5S/c26-22(23-16-20(21-6-4-14-30-21)25-11-1-2-12-25)17-7-9-19(10-8-17)31(27,28)24-15-18-5-3-13-29-18/h3-10,13-14,20,24H,1-2,11-12,15-16H2,(H,23,26)/t20-/m0/s1. The van der Waals surface area contributed by atoms with Gasteiger partial charge in [0, 0.05) is 12.1 Å². The highest BCUT2D eigenvalue weighted by atomic mass is 32.2. The van der Waals surface area contributed by atoms with Crippen LogP contribution in [0.25, 0.3) is 0 Å². The number of rotatable bonds is 9. The second kappa shape index (κ2) is 9.51. The maximum Gasteiger partial charge on any atom is 0.251 e. The van der Waals surface area contributed by atoms with Gasteiger partial charge in [-0.25, -0.2) is 13.1 Å². The van der Waals surface area contributed by atoms with Gasteiger partial charge < -0.3 is 14.2 Å². The van der Waals surface area contributed by atoms with Crippen LogP contribution in [0.3, 0.4) is 0 Å². The van der Waals surface area contributed by atoms with Crippen LogP contribution < -0.4 is 10.0 Å². The summed E-state index contributed by atoms with van der Waals surface area (Å²) in [6.45, 7) is 2.41. The summed E-state index contributed by atoms with van der Waals surface area (Å²) in [4.78, 5) is 15.0. The molecule has 1 fully saturated rings. The van der Waals surface area contributed by atoms with Gasteiger partial charge >= 0.3 is 0 Å². The van der Waals surface area contributed by atoms with Crippen molar-refractivity contribution in [2.45, 2.75) is 30.3 Å². The zero-order chi connectivity index (χ0) is 21.7. The van der Waals surface area contributed by atoms with Crippen molar-refractivity contribution in [1.82, 2.24) is 14.9 Å². The molecule has 1 amide bonds. The number of hydrogen-bond acceptors (Lipinski definition) is 6. The normalized spacial score (nSPS) is 15.7. The first-order valence-electron chi connectivity index (χ1n) is 10.2. The number of hydrogen-bond donors (Lipinski definition) is 2. The fourth-order valence-electron chi connectivity index (χ4n) is 3.68. The molecule has 1 aliphatic rings. The fourth-order valence-corrected chi connectivity index (χ4v) is 4.68. The Morgan fingerprint density at radius 1 is 1.00 bits per heavy atom. The summed E-state index contributed by atoms with van der Waals surface area (Å²) in [5.41, 5.74) is 0.393. The molecule has 0 unspecified atom stereocenters. The van der Waals surface area contributed by atoms with Crippen molar-refractivity contribution in [3.63, 3.8) is 0 Å². The topological polar surface area (TPSA) is 105 Å². The largest absolute Gasteiger partial charge is 0.468 e. The van der Waals surface area contributed by atoms with Gasteiger partial charge in [-0.1, -0.05) is 0 Å². The van der Waals surface area contributed by atoms with Crippen molar-refractivity contribution < 1.29 is 22.0 Å². The molecular weight excluding hydrogens is 418 g/mol. The van der Waals surface area contributed by atoms with E-state index in [1.165, 1.54) is 30.5 Å². The number of carbonyl (C=O) groups is 1. The highest BCUT2D eigenvalue weighted by Crippen LogP contribution is 2.25. The van der Waals surface area contributed by atoms with Crippen molar-refractivity contribution in [1.29, 1.82) is 0 Å². The molecule has 31 heavy (non-hydrogen) atoms. The zero-order valence-corrected chi connectivity index (χ0v) is 17.8. The zero-order valence-electron chi connectivity index (χ0n) is 17.0. The first-order chi connectivity index (χ1) is 15.0. The first kappa shape index (κ1) is 21.4. The smallest absolute Gasteiger partial charge is 0.251 e. The van der Waals surface area contributed by atoms with E-state index in [1.807, 2.05) is 12.1 Å². The van der Waals surface area contributed by atoms with Gasteiger partial charge in [-0.2, -0.15) is 0 Å². The van der Waals surface area contributed by atoms with Crippen LogP contribution in [-0.2, 0) is 16.6 Å². The molecular formula is C22H25N3O5S. The Labute approximate surface area is 181 Å². The Hall–Kier alpha value is -2.88. The van der Waals surface area contributed by atoms with Gasteiger partial charge in [-0.3, -0.25) is 9.69 Å². The monoisotopic (exact) mass is 443 g/mol. The predicted molar refractivity (Wildman–Crippen MR) is 114 cm³/mol. The molecule has 2 aromatic heterocycles. The number of benzene rings is 1. The van der Waals surface area contributed by atoms with Gasteiger partial charge in [0.15, 0.2) is 0 Å². The van der Waals surface area contributed by atoms with Gasteiger partial charge in [-0.15, -0.1) is 0 Å². The van der Waals surface area contributed by atoms with E-state index in [4.69, 9.17) is 8.83 Å². The highest BCUT2D eigenvalue weighted by molar-refractivity contribution is 7.89. The van der Waals surface area contributed by atoms with Crippen molar-refractivity contribution in [2.75, 3.05) is 19.6 Å². The average molecular weight is 444 g/mol. The minimum absolute atomic E-state index is 0.0214. The molecule has 0 saturated carbocycles. The van der Waals surface area contributed by atoms with Gasteiger partial charge in [-0.05, 0) is 74.5 Å². The number of likely N-dealkylation sites (tertiary alicyclic amines) is 1. The molecule has 0 aliphatic carbocycles. The van der Waals surface area contributed by atoms with Crippen molar-refractivity contribution in [2.24, 2.45) is 0 Å². The van der Waals surface area contributed by atoms with E-state index in [0.717, 1.165) is 31.7 Å². The van der Waals surface area contributed by atoms with Crippen LogP contribution in [0.5, 0.6) is 0 Å². The predicted octanol–water partition coefficient (Wildman–Crippen LogP) is 2.92. The van der Waals surface area contributed by atoms with E-state index in [-0.39, 0.29) is 23.4 Å². The van der Waals surface area contributed by atoms with Crippen molar-refractivity contribution in [3.8, 4) is 0 Å². The molecule has 164 valence electrons. The quantitative estimate of drug-likeness (QED) is 0.527. The summed E-state index contributed by atoms with van der Waals surface area (Å²) in [5.74, 6) is 1.08. The second-order valence-corrected chi connectivity index (χ2v) is 9.18. The van der Waals surface area contributed by atoms with E-state index in [1.54, 1.807) is 18.4 Å². The molecule has 1 aliphatic heterocycles. The lowest BCUT2D eigenvalue weighted by Gasteiger charge is -2.26. The van der Waals surface area contributed by atoms with Crippen LogP contribution in [0, 0.1) is 0 Å². The Kier molecular flexibility index (Phi) is 6.55. The van der Waals surface area contributed by atoms with E-state index in [2.05, 4.69) is 14.9 Å². The maximum atomic E-state index is 12.6. The number of sulfonamides is 1. The van der Waals surface area contributed by atoms with Crippen LogP contribution >= 0.6 is 0 Å². The van der Waals surface area contributed by atoms with Crippen LogP contribution in [0.2, 0.25) is 0 Å². The summed E-state index contributed by atoms with van der Waals surface area (Å²) in [6.07, 6.45) is 5.39. The van der Waals surface area contributed by atoms with Crippen LogP contribution in [0.15, 0.2) is 74.8 Å². The molecule has 3 heterocycles. The van der Waals surface area contributed by atoms with Gasteiger partial charge in [0.05, 0.1) is 30.0 Å². The van der Waals surface area contributed by atoms with E-state index < -0.39 is 10.0 Å². The van der Waals surface area contributed by atoms with Gasteiger partial charge in [0.2, 0.25) is 10.0 Å². The van der Waals surface area contributed by atoms with E-state index in [0.29, 0.717) is 17.9 Å². The summed E-state index contributed by atoms with van der Waals surface area (Å²) < 4.78 is 38.1. The Morgan fingerprint density at radius 2 is 1.71 bits per heavy atom. The third-order valence-corrected chi connectivity index (χ3v) is 6.77. The van der Waals surface area contributed by atoms with Crippen LogP contribution in [0.4, 0.5) is 0 Å². The molecule has 1 atom stereocenters. The first-order valence-corrected chi connectivity index (χ1v) is 11.7. The Bertz CT molecular complexity index is 1070. The summed E-state index contributed by atoms with van der Waals surface area (Å²) in [6, 6.07) is 13.0. The molecule has 2 N–H and O–H groups in total. The Morgan fingerprint density at radius 3 is 2.35 bits per heavy atom. The van der Waals surface area contributed by atoms with E-state index in [9.17, 15) is 13.2 Å². The fraction of sp³-hybridized carbons (Fsp3) is 0.318. The molecule has 1 saturated heterocycles. The minimum atomic E-state index is -3.71. The summed E-state index contributed by atoms with van der Waals surface area (Å²) >= 11 is 0. The Balaban J connectivity index is 1.37. The molecule has 9 heteroatoms. The third-order valence-electron chi connectivity index (χ3n) is 5.35. The minimum Gasteiger partial charge on any atom is -0.468 e. The molecule has 4 rings (SSSR count). The van der Waals surface area contributed by atoms with Crippen molar-refractivity contribution in [3.05, 3.63) is 78.1 Å². The lowest BCUT2D eigenvalue weighted by Crippen LogP contribution is -2.36. The average Bonchev–Trinajstić information content (AvgIpc) is 3.56. The van der Waals surface area contributed by atoms with E-state index >= 15 is 0 Å². The van der Waals surface area contributed by atoms with Crippen LogP contribution in [0.1, 0.15) is 40.8 Å². The maximum absolute atomic E-state index is 12.6. The van der Waals surface area contributed by atoms with Crippen LogP contribution in [-0.4, -0.2) is 38.9 Å². The molecule has 0 bridgehead atoms. The summed E-state index contributed by atoms with van der Waals surface area (Å²) in [7, 11) is -3.71. The summed E-state index contributed by atoms with van der Waals surface area (Å²) in [5, 5.41) is 2.95. The lowest BCUT2D eigenvalue weighted by atomic mass is 10.1. The molecule has 8 nitrogen and oxygen atoms in total. The number of furan rings is 2. The molecule has 1 aromatic carbocycles. The number of nitrogens with one attached hydrogen (secondary N) is 2. The molecule has 0 spiro atoms. The number of carbonyl (C=O) groups excluding carboxylic acids is 1. The third kappa shape index (κ3) is 5.25. The lowest BCUT2D eigenvalue weighted by molar-refractivity contribution is 0.0933. The molecule has 0 radical (unpaired) electrons. The van der Waals surface area contributed by atoms with Crippen molar-refractivity contribution >= 4 is 15.9 Å². The number of amides is 1. The SMILES string of the molecule is O=C(NC[C@@H](c1ccco1)N1CCCC1)c1ccc(S(=O)(=O)NCc2ccco2)cc1. The molecule has 3 aromatic rings. The van der Waals surface area contributed by atoms with Gasteiger partial charge in [0.25, 0.3) is 5.91 Å². The van der Waals surface area contributed by atoms with Gasteiger partial charge in [0.1, 0.15) is 11.5 Å². The second-order valence-electron chi connectivity index (χ2n) is 7.41. The highest BCUT2D eigenvalue weighted by Gasteiger charge is 2.26. The number of nitrogens with zero attached hydrogens (tertiary/aromatic N) is 1.